The van der Waals surface area contributed by atoms with E-state index in [0.717, 1.165) is 31.6 Å². The molecule has 0 bridgehead atoms. The summed E-state index contributed by atoms with van der Waals surface area (Å²) in [6.07, 6.45) is -2.15. The third kappa shape index (κ3) is 6.11. The number of likely N-dealkylation sites (N-methyl/N-ethyl adjacent to an activating group) is 1. The fourth-order valence-corrected chi connectivity index (χ4v) is 4.51. The second-order valence-corrected chi connectivity index (χ2v) is 10.8. The van der Waals surface area contributed by atoms with Crippen molar-refractivity contribution in [3.8, 4) is 11.5 Å². The van der Waals surface area contributed by atoms with E-state index in [2.05, 4.69) is 32.5 Å². The highest BCUT2D eigenvalue weighted by Crippen LogP contribution is 2.41. The molecule has 192 valence electrons. The molecule has 2 heterocycles. The molecule has 12 heteroatoms. The Balaban J connectivity index is 1.64. The van der Waals surface area contributed by atoms with Gasteiger partial charge in [-0.05, 0) is 68.3 Å². The number of ether oxygens (including phenoxy) is 1. The van der Waals surface area contributed by atoms with Crippen molar-refractivity contribution < 1.29 is 22.4 Å². The van der Waals surface area contributed by atoms with Crippen molar-refractivity contribution in [1.82, 2.24) is 14.9 Å². The summed E-state index contributed by atoms with van der Waals surface area (Å²) >= 11 is 6.32. The first kappa shape index (κ1) is 26.3. The Morgan fingerprint density at radius 1 is 1.06 bits per heavy atom. The van der Waals surface area contributed by atoms with Gasteiger partial charge in [-0.2, -0.15) is 18.2 Å². The van der Waals surface area contributed by atoms with Gasteiger partial charge in [0.15, 0.2) is 5.82 Å². The zero-order valence-corrected chi connectivity index (χ0v) is 21.9. The summed E-state index contributed by atoms with van der Waals surface area (Å²) in [5.41, 5.74) is 2.61. The molecule has 1 aromatic heterocycles. The van der Waals surface area contributed by atoms with Gasteiger partial charge in [0.2, 0.25) is 5.95 Å². The van der Waals surface area contributed by atoms with Crippen LogP contribution in [0.2, 0.25) is 5.02 Å². The number of anilines is 4. The van der Waals surface area contributed by atoms with E-state index in [-0.39, 0.29) is 22.5 Å². The number of nitrogens with zero attached hydrogens (tertiary/aromatic N) is 3. The van der Waals surface area contributed by atoms with Crippen LogP contribution in [0, 0.1) is 0 Å². The minimum absolute atomic E-state index is 0.0607. The average Bonchev–Trinajstić information content (AvgIpc) is 2.80. The average molecular weight is 540 g/mol. The summed E-state index contributed by atoms with van der Waals surface area (Å²) in [5.74, 6) is 1.17. The van der Waals surface area contributed by atoms with Crippen LogP contribution in [0.3, 0.4) is 0 Å². The molecule has 0 radical (unpaired) electrons. The van der Waals surface area contributed by atoms with Crippen molar-refractivity contribution in [1.29, 1.82) is 0 Å². The third-order valence-electron chi connectivity index (χ3n) is 5.56. The molecule has 2 N–H and O–H groups in total. The molecule has 0 saturated carbocycles. The van der Waals surface area contributed by atoms with Crippen LogP contribution in [0.25, 0.3) is 0 Å². The summed E-state index contributed by atoms with van der Waals surface area (Å²) in [5, 5.41) is 6.36. The number of methoxy groups -OCH3 is 1. The van der Waals surface area contributed by atoms with Crippen LogP contribution in [-0.4, -0.2) is 48.9 Å². The van der Waals surface area contributed by atoms with Crippen LogP contribution >= 0.6 is 19.7 Å². The van der Waals surface area contributed by atoms with Gasteiger partial charge in [-0.25, -0.2) is 4.98 Å². The maximum absolute atomic E-state index is 13.2. The highest BCUT2D eigenvalue weighted by atomic mass is 35.5. The molecule has 2 aromatic carbocycles. The topological polar surface area (TPSA) is 71.5 Å². The van der Waals surface area contributed by atoms with Gasteiger partial charge in [0.05, 0.1) is 38.4 Å². The van der Waals surface area contributed by atoms with Gasteiger partial charge >= 0.3 is 6.18 Å². The highest BCUT2D eigenvalue weighted by Gasteiger charge is 2.31. The first-order valence-corrected chi connectivity index (χ1v) is 13.6. The molecule has 0 unspecified atom stereocenters. The summed E-state index contributed by atoms with van der Waals surface area (Å²) in [7, 11) is 2.69. The Kier molecular flexibility index (Phi) is 7.78. The summed E-state index contributed by atoms with van der Waals surface area (Å²) in [4.78, 5) is 10.9. The lowest BCUT2D eigenvalue weighted by Crippen LogP contribution is -2.26. The highest BCUT2D eigenvalue weighted by molar-refractivity contribution is 7.51. The van der Waals surface area contributed by atoms with E-state index in [1.54, 1.807) is 20.4 Å². The van der Waals surface area contributed by atoms with Crippen molar-refractivity contribution in [2.75, 3.05) is 44.7 Å². The van der Waals surface area contributed by atoms with Crippen molar-refractivity contribution in [2.45, 2.75) is 19.1 Å². The quantitative estimate of drug-likeness (QED) is 0.325. The van der Waals surface area contributed by atoms with E-state index < -0.39 is 19.9 Å². The number of benzene rings is 2. The first-order valence-electron chi connectivity index (χ1n) is 11.0. The van der Waals surface area contributed by atoms with E-state index in [9.17, 15) is 13.2 Å². The van der Waals surface area contributed by atoms with Crippen molar-refractivity contribution >= 4 is 42.9 Å². The van der Waals surface area contributed by atoms with Crippen LogP contribution in [0.5, 0.6) is 11.5 Å². The van der Waals surface area contributed by atoms with Crippen molar-refractivity contribution in [3.05, 3.63) is 58.2 Å². The molecule has 0 aliphatic carbocycles. The molecule has 0 atom stereocenters. The summed E-state index contributed by atoms with van der Waals surface area (Å²) in [6.45, 7) is 5.38. The Morgan fingerprint density at radius 2 is 1.83 bits per heavy atom. The molecular weight excluding hydrogens is 514 g/mol. The van der Waals surface area contributed by atoms with Gasteiger partial charge in [-0.1, -0.05) is 11.6 Å². The Labute approximate surface area is 213 Å². The predicted molar refractivity (Wildman–Crippen MR) is 137 cm³/mol. The molecule has 0 amide bonds. The summed E-state index contributed by atoms with van der Waals surface area (Å²) in [6, 6.07) is 7.27. The molecule has 0 spiro atoms. The Hall–Kier alpha value is -2.81. The third-order valence-corrected chi connectivity index (χ3v) is 6.40. The molecule has 0 saturated heterocycles. The fraction of sp³-hybridized carbons (Fsp3) is 0.333. The Bertz CT molecular complexity index is 1260. The first-order chi connectivity index (χ1) is 17.0. The van der Waals surface area contributed by atoms with E-state index in [0.29, 0.717) is 17.1 Å². The van der Waals surface area contributed by atoms with Crippen LogP contribution in [0.4, 0.5) is 36.3 Å². The van der Waals surface area contributed by atoms with Crippen molar-refractivity contribution in [3.63, 3.8) is 0 Å². The molecular formula is C24H26ClF3N5O2P. The largest absolute Gasteiger partial charge is 0.495 e. The zero-order chi connectivity index (χ0) is 26.0. The number of halogens is 4. The second-order valence-electron chi connectivity index (χ2n) is 8.56. The number of aromatic nitrogens is 2. The maximum atomic E-state index is 13.2. The van der Waals surface area contributed by atoms with Gasteiger partial charge in [0.1, 0.15) is 16.5 Å². The molecule has 4 rings (SSSR count). The number of hydrogen-bond donors (Lipinski definition) is 2. The van der Waals surface area contributed by atoms with Gasteiger partial charge in [-0.3, -0.25) is 0 Å². The number of hydrogen-bond acceptors (Lipinski definition) is 7. The number of fused-ring (bicyclic) bond motifs is 1. The smallest absolute Gasteiger partial charge is 0.416 e. The lowest BCUT2D eigenvalue weighted by atomic mass is 9.99. The number of nitrogens with one attached hydrogen (secondary N) is 2. The van der Waals surface area contributed by atoms with E-state index in [1.165, 1.54) is 23.4 Å². The minimum Gasteiger partial charge on any atom is -0.495 e. The van der Waals surface area contributed by atoms with Crippen LogP contribution in [-0.2, 0) is 19.1 Å². The van der Waals surface area contributed by atoms with E-state index in [4.69, 9.17) is 20.9 Å². The van der Waals surface area contributed by atoms with Crippen LogP contribution < -0.4 is 19.9 Å². The van der Waals surface area contributed by atoms with Crippen molar-refractivity contribution in [2.24, 2.45) is 0 Å². The Morgan fingerprint density at radius 3 is 2.53 bits per heavy atom. The monoisotopic (exact) mass is 539 g/mol. The fourth-order valence-electron chi connectivity index (χ4n) is 3.83. The number of rotatable bonds is 7. The lowest BCUT2D eigenvalue weighted by molar-refractivity contribution is -0.137. The molecule has 0 fully saturated rings. The van der Waals surface area contributed by atoms with E-state index >= 15 is 0 Å². The molecule has 3 aromatic rings. The summed E-state index contributed by atoms with van der Waals surface area (Å²) < 4.78 is 51.0. The molecule has 36 heavy (non-hydrogen) atoms. The van der Waals surface area contributed by atoms with E-state index in [1.807, 2.05) is 12.1 Å². The normalized spacial score (nSPS) is 13.9. The van der Waals surface area contributed by atoms with Gasteiger partial charge in [-0.15, -0.1) is 0 Å². The van der Waals surface area contributed by atoms with Gasteiger partial charge in [0.25, 0.3) is 0 Å². The standard InChI is InChI=1S/C24H26ClF3N5O2P/c1-33-8-7-14-10-20(34-2)19(9-15(14)13-33)31-23-29-12-17(25)22(32-23)30-18-6-5-16(24(26,27)28)11-21(18)35-36(3)4/h5-6,9-12H,7-8,13H2,1-4H3,(H2,29,30,31,32). The van der Waals surface area contributed by atoms with Gasteiger partial charge < -0.3 is 24.8 Å². The second kappa shape index (κ2) is 10.7. The SMILES string of the molecule is COc1cc2c(cc1Nc1ncc(Cl)c(Nc3ccc(C(F)(F)F)cc3OP(C)C)n1)CN(C)CC2. The minimum atomic E-state index is -4.49. The zero-order valence-electron chi connectivity index (χ0n) is 20.2. The molecule has 7 nitrogen and oxygen atoms in total. The molecule has 1 aliphatic rings. The molecule has 1 aliphatic heterocycles. The maximum Gasteiger partial charge on any atom is 0.416 e. The lowest BCUT2D eigenvalue weighted by Gasteiger charge is -2.26. The van der Waals surface area contributed by atoms with Crippen LogP contribution in [0.15, 0.2) is 36.5 Å². The number of alkyl halides is 3. The van der Waals surface area contributed by atoms with Gasteiger partial charge in [0, 0.05) is 13.1 Å². The van der Waals surface area contributed by atoms with Crippen LogP contribution in [0.1, 0.15) is 16.7 Å². The predicted octanol–water partition coefficient (Wildman–Crippen LogP) is 6.67.